The van der Waals surface area contributed by atoms with Gasteiger partial charge in [0.1, 0.15) is 28.6 Å². The highest BCUT2D eigenvalue weighted by molar-refractivity contribution is 7.09. The Kier molecular flexibility index (Phi) is 18.0. The molecule has 1 aliphatic heterocycles. The smallest absolute Gasteiger partial charge is 0.307 e. The maximum atomic E-state index is 14.6. The zero-order chi connectivity index (χ0) is 40.8. The molecule has 7 atom stereocenters. The van der Waals surface area contributed by atoms with E-state index in [1.54, 1.807) is 36.6 Å². The Morgan fingerprint density at radius 1 is 1.05 bits per heavy atom. The van der Waals surface area contributed by atoms with Gasteiger partial charge in [-0.05, 0) is 75.2 Å². The van der Waals surface area contributed by atoms with Gasteiger partial charge in [-0.1, -0.05) is 66.5 Å². The zero-order valence-corrected chi connectivity index (χ0v) is 34.3. The van der Waals surface area contributed by atoms with E-state index in [0.717, 1.165) is 36.3 Å². The minimum absolute atomic E-state index is 0.0233. The first-order valence-electron chi connectivity index (χ1n) is 19.5. The fourth-order valence-electron chi connectivity index (χ4n) is 6.80. The molecule has 1 fully saturated rings. The number of nitrogens with one attached hydrogen (secondary N) is 2. The lowest BCUT2D eigenvalue weighted by Gasteiger charge is -2.39. The number of amides is 4. The average molecular weight is 787 g/mol. The van der Waals surface area contributed by atoms with Crippen LogP contribution in [0.1, 0.15) is 120 Å². The second kappa shape index (κ2) is 21.9. The second-order valence-corrected chi connectivity index (χ2v) is 16.2. The zero-order valence-electron chi connectivity index (χ0n) is 33.5. The number of hydrogen-bond donors (Lipinski definition) is 5. The monoisotopic (exact) mass is 786 g/mol. The van der Waals surface area contributed by atoms with Gasteiger partial charge < -0.3 is 36.2 Å². The number of benzene rings is 1. The average Bonchev–Trinajstić information content (AvgIpc) is 3.65. The SMILES string of the molecule is CCCC(=O)OCN(C(=O)[C@@H](NC(=O)C1CCCCN1C)C(C)CC)[C@H](C[C@@H](O)c1nc(C(=O)N[C@@H](Cc2ccc(O)cc2)C[C@H](C)C(N)=O)cs1)C(C)C. The van der Waals surface area contributed by atoms with Crippen LogP contribution in [0.3, 0.4) is 0 Å². The van der Waals surface area contributed by atoms with Crippen LogP contribution in [0.5, 0.6) is 5.75 Å². The third kappa shape index (κ3) is 13.6. The quantitative estimate of drug-likeness (QED) is 0.0897. The van der Waals surface area contributed by atoms with Gasteiger partial charge in [0, 0.05) is 36.2 Å². The molecule has 0 radical (unpaired) electrons. The maximum Gasteiger partial charge on any atom is 0.307 e. The van der Waals surface area contributed by atoms with Crippen LogP contribution in [0.15, 0.2) is 29.6 Å². The van der Waals surface area contributed by atoms with E-state index in [1.165, 1.54) is 4.90 Å². The number of nitrogens with two attached hydrogens (primary N) is 1. The van der Waals surface area contributed by atoms with E-state index in [-0.39, 0.29) is 66.2 Å². The summed E-state index contributed by atoms with van der Waals surface area (Å²) in [5.41, 5.74) is 6.44. The van der Waals surface area contributed by atoms with Crippen molar-refractivity contribution in [3.05, 3.63) is 45.9 Å². The van der Waals surface area contributed by atoms with E-state index in [9.17, 15) is 34.2 Å². The number of ether oxygens (including phenoxy) is 1. The lowest BCUT2D eigenvalue weighted by molar-refractivity contribution is -0.159. The van der Waals surface area contributed by atoms with Crippen molar-refractivity contribution in [3.8, 4) is 5.75 Å². The summed E-state index contributed by atoms with van der Waals surface area (Å²) in [5.74, 6) is -2.92. The molecule has 1 saturated heterocycles. The Hall–Kier alpha value is -4.08. The van der Waals surface area contributed by atoms with Crippen LogP contribution in [0.25, 0.3) is 0 Å². The van der Waals surface area contributed by atoms with Gasteiger partial charge in [-0.25, -0.2) is 4.98 Å². The van der Waals surface area contributed by atoms with Crippen LogP contribution in [-0.2, 0) is 30.3 Å². The van der Waals surface area contributed by atoms with Crippen LogP contribution in [0, 0.1) is 17.8 Å². The first-order valence-corrected chi connectivity index (χ1v) is 20.4. The first-order chi connectivity index (χ1) is 26.1. The number of hydrogen-bond acceptors (Lipinski definition) is 11. The summed E-state index contributed by atoms with van der Waals surface area (Å²) in [6.07, 6.45) is 3.48. The molecule has 1 aromatic heterocycles. The molecule has 1 aliphatic rings. The standard InChI is InChI=1S/C40H62N6O8S/c1-8-12-34(49)54-23-46(40(53)35(25(5)9-2)44-38(52)31-13-10-11-18-45(31)7)32(24(3)4)21-33(48)39-43-30(22-55-39)37(51)42-28(19-26(6)36(41)50)20-27-14-16-29(47)17-15-27/h14-17,22,24-26,28,31-33,35,47-48H,8-13,18-21,23H2,1-7H3,(H2,41,50)(H,42,51)(H,44,52)/t25?,26-,28+,31?,32+,33+,35-/m0/s1. The summed E-state index contributed by atoms with van der Waals surface area (Å²) in [6, 6.07) is 4.21. The normalized spacial score (nSPS) is 18.0. The number of piperidine rings is 1. The molecule has 0 spiro atoms. The molecular weight excluding hydrogens is 725 g/mol. The Labute approximate surface area is 329 Å². The Morgan fingerprint density at radius 3 is 2.35 bits per heavy atom. The van der Waals surface area contributed by atoms with Crippen molar-refractivity contribution in [2.24, 2.45) is 23.5 Å². The molecule has 3 rings (SSSR count). The topological polar surface area (TPSA) is 204 Å². The number of primary amides is 1. The Bertz CT molecular complexity index is 1570. The van der Waals surface area contributed by atoms with E-state index in [1.807, 2.05) is 46.6 Å². The summed E-state index contributed by atoms with van der Waals surface area (Å²) >= 11 is 1.10. The highest BCUT2D eigenvalue weighted by atomic mass is 32.1. The molecular formula is C40H62N6O8S. The largest absolute Gasteiger partial charge is 0.508 e. The predicted octanol–water partition coefficient (Wildman–Crippen LogP) is 4.29. The molecule has 0 bridgehead atoms. The Morgan fingerprint density at radius 2 is 1.75 bits per heavy atom. The number of esters is 1. The number of aromatic hydroxyl groups is 1. The molecule has 306 valence electrons. The minimum atomic E-state index is -1.18. The lowest BCUT2D eigenvalue weighted by Crippen LogP contribution is -2.59. The number of likely N-dealkylation sites (tertiary alicyclic amines) is 1. The molecule has 2 heterocycles. The predicted molar refractivity (Wildman–Crippen MR) is 211 cm³/mol. The molecule has 4 amide bonds. The van der Waals surface area contributed by atoms with Crippen LogP contribution >= 0.6 is 11.3 Å². The molecule has 14 nitrogen and oxygen atoms in total. The third-order valence-electron chi connectivity index (χ3n) is 10.5. The molecule has 2 unspecified atom stereocenters. The molecule has 0 saturated carbocycles. The van der Waals surface area contributed by atoms with Gasteiger partial charge in [-0.3, -0.25) is 28.9 Å². The summed E-state index contributed by atoms with van der Waals surface area (Å²) in [6.45, 7) is 11.6. The molecule has 15 heteroatoms. The van der Waals surface area contributed by atoms with Gasteiger partial charge in [-0.15, -0.1) is 11.3 Å². The number of thiazole rings is 1. The maximum absolute atomic E-state index is 14.6. The summed E-state index contributed by atoms with van der Waals surface area (Å²) in [4.78, 5) is 74.0. The van der Waals surface area contributed by atoms with E-state index in [4.69, 9.17) is 10.5 Å². The summed E-state index contributed by atoms with van der Waals surface area (Å²) < 4.78 is 5.61. The number of nitrogens with zero attached hydrogens (tertiary/aromatic N) is 3. The number of carbonyl (C=O) groups excluding carboxylic acids is 5. The highest BCUT2D eigenvalue weighted by Gasteiger charge is 2.38. The lowest BCUT2D eigenvalue weighted by atomic mass is 9.92. The van der Waals surface area contributed by atoms with Gasteiger partial charge in [0.05, 0.1) is 6.04 Å². The molecule has 0 aliphatic carbocycles. The van der Waals surface area contributed by atoms with Crippen molar-refractivity contribution in [3.63, 3.8) is 0 Å². The minimum Gasteiger partial charge on any atom is -0.508 e. The molecule has 1 aromatic carbocycles. The molecule has 6 N–H and O–H groups in total. The van der Waals surface area contributed by atoms with Crippen LogP contribution < -0.4 is 16.4 Å². The molecule has 2 aromatic rings. The number of phenols is 1. The summed E-state index contributed by atoms with van der Waals surface area (Å²) in [7, 11) is 1.91. The van der Waals surface area contributed by atoms with E-state index in [2.05, 4.69) is 15.6 Å². The van der Waals surface area contributed by atoms with E-state index < -0.39 is 53.8 Å². The van der Waals surface area contributed by atoms with Crippen molar-refractivity contribution >= 4 is 40.9 Å². The molecule has 55 heavy (non-hydrogen) atoms. The number of aliphatic hydroxyl groups is 1. The van der Waals surface area contributed by atoms with Crippen LogP contribution in [-0.4, -0.2) is 99.1 Å². The highest BCUT2D eigenvalue weighted by Crippen LogP contribution is 2.29. The van der Waals surface area contributed by atoms with Crippen molar-refractivity contribution in [2.45, 2.75) is 130 Å². The number of likely N-dealkylation sites (N-methyl/N-ethyl adjacent to an activating group) is 1. The van der Waals surface area contributed by atoms with Crippen LogP contribution in [0.4, 0.5) is 0 Å². The van der Waals surface area contributed by atoms with Crippen LogP contribution in [0.2, 0.25) is 0 Å². The van der Waals surface area contributed by atoms with Gasteiger partial charge in [0.15, 0.2) is 6.73 Å². The van der Waals surface area contributed by atoms with Gasteiger partial charge in [-0.2, -0.15) is 0 Å². The van der Waals surface area contributed by atoms with Crippen molar-refractivity contribution in [2.75, 3.05) is 20.3 Å². The Balaban J connectivity index is 1.85. The number of carbonyl (C=O) groups is 5. The number of phenolic OH excluding ortho intramolecular Hbond substituents is 1. The van der Waals surface area contributed by atoms with Crippen molar-refractivity contribution in [1.29, 1.82) is 0 Å². The summed E-state index contributed by atoms with van der Waals surface area (Å²) in [5, 5.41) is 29.0. The first kappa shape index (κ1) is 45.3. The second-order valence-electron chi connectivity index (χ2n) is 15.3. The third-order valence-corrected chi connectivity index (χ3v) is 11.4. The fourth-order valence-corrected chi connectivity index (χ4v) is 7.60. The fraction of sp³-hybridized carbons (Fsp3) is 0.650. The van der Waals surface area contributed by atoms with Crippen molar-refractivity contribution < 1.29 is 38.9 Å². The number of aromatic nitrogens is 1. The van der Waals surface area contributed by atoms with Gasteiger partial charge in [0.2, 0.25) is 17.7 Å². The van der Waals surface area contributed by atoms with E-state index in [0.29, 0.717) is 25.7 Å². The van der Waals surface area contributed by atoms with Crippen molar-refractivity contribution in [1.82, 2.24) is 25.4 Å². The number of aliphatic hydroxyl groups excluding tert-OH is 1. The number of rotatable bonds is 21. The van der Waals surface area contributed by atoms with Gasteiger partial charge in [0.25, 0.3) is 5.91 Å². The van der Waals surface area contributed by atoms with E-state index >= 15 is 0 Å². The van der Waals surface area contributed by atoms with Gasteiger partial charge >= 0.3 is 5.97 Å².